The van der Waals surface area contributed by atoms with Crippen LogP contribution in [-0.2, 0) is 0 Å². The number of aliphatic hydroxyl groups is 1. The van der Waals surface area contributed by atoms with Gasteiger partial charge in [0.25, 0.3) is 0 Å². The van der Waals surface area contributed by atoms with Gasteiger partial charge in [0.05, 0.1) is 6.61 Å². The van der Waals surface area contributed by atoms with Crippen LogP contribution >= 0.6 is 0 Å². The average molecular weight is 332 g/mol. The molecule has 3 nitrogen and oxygen atoms in total. The number of aliphatic hydroxyl groups excluding tert-OH is 1. The van der Waals surface area contributed by atoms with E-state index in [0.29, 0.717) is 17.7 Å². The van der Waals surface area contributed by atoms with Crippen molar-refractivity contribution in [1.82, 2.24) is 0 Å². The Balaban J connectivity index is 2.04. The Hall–Kier alpha value is -2.91. The molecule has 3 aromatic rings. The van der Waals surface area contributed by atoms with Gasteiger partial charge >= 0.3 is 0 Å². The maximum absolute atomic E-state index is 12.9. The van der Waals surface area contributed by atoms with Crippen LogP contribution in [0.15, 0.2) is 78.9 Å². The third-order valence-electron chi connectivity index (χ3n) is 4.03. The van der Waals surface area contributed by atoms with Crippen LogP contribution in [0.1, 0.15) is 28.9 Å². The quantitative estimate of drug-likeness (QED) is 0.667. The molecular weight excluding hydrogens is 312 g/mol. The van der Waals surface area contributed by atoms with E-state index >= 15 is 0 Å². The second-order valence-electron chi connectivity index (χ2n) is 5.65. The number of rotatable bonds is 6. The van der Waals surface area contributed by atoms with Crippen molar-refractivity contribution in [2.45, 2.75) is 13.0 Å². The fourth-order valence-corrected chi connectivity index (χ4v) is 2.84. The maximum Gasteiger partial charge on any atom is 0.196 e. The van der Waals surface area contributed by atoms with Crippen LogP contribution in [0.25, 0.3) is 11.1 Å². The zero-order chi connectivity index (χ0) is 17.6. The van der Waals surface area contributed by atoms with Gasteiger partial charge in [0.15, 0.2) is 5.78 Å². The highest BCUT2D eigenvalue weighted by molar-refractivity contribution is 6.05. The fraction of sp³-hybridized carbons (Fsp3) is 0.136. The van der Waals surface area contributed by atoms with E-state index in [4.69, 9.17) is 4.74 Å². The van der Waals surface area contributed by atoms with Gasteiger partial charge in [-0.05, 0) is 24.1 Å². The summed E-state index contributed by atoms with van der Waals surface area (Å²) in [6, 6.07) is 23.9. The third-order valence-corrected chi connectivity index (χ3v) is 4.03. The fourth-order valence-electron chi connectivity index (χ4n) is 2.84. The Morgan fingerprint density at radius 3 is 2.20 bits per heavy atom. The molecule has 0 aliphatic rings. The van der Waals surface area contributed by atoms with Crippen molar-refractivity contribution >= 4 is 5.78 Å². The lowest BCUT2D eigenvalue weighted by Gasteiger charge is -2.16. The molecule has 1 unspecified atom stereocenters. The SMILES string of the molecule is CCOc1ccccc1-c1ccccc1C(=O)C(O)c1ccccc1. The highest BCUT2D eigenvalue weighted by Gasteiger charge is 2.22. The number of ketones is 1. The molecule has 0 amide bonds. The lowest BCUT2D eigenvalue weighted by atomic mass is 9.92. The van der Waals surface area contributed by atoms with Gasteiger partial charge in [0.1, 0.15) is 11.9 Å². The first-order chi connectivity index (χ1) is 12.2. The second kappa shape index (κ2) is 7.77. The molecule has 0 aliphatic heterocycles. The Morgan fingerprint density at radius 1 is 0.880 bits per heavy atom. The zero-order valence-corrected chi connectivity index (χ0v) is 14.1. The summed E-state index contributed by atoms with van der Waals surface area (Å²) in [4.78, 5) is 12.9. The summed E-state index contributed by atoms with van der Waals surface area (Å²) < 4.78 is 5.70. The van der Waals surface area contributed by atoms with Gasteiger partial charge in [0, 0.05) is 11.1 Å². The number of benzene rings is 3. The molecule has 1 N–H and O–H groups in total. The van der Waals surface area contributed by atoms with Crippen molar-refractivity contribution in [3.63, 3.8) is 0 Å². The molecule has 3 rings (SSSR count). The van der Waals surface area contributed by atoms with Crippen LogP contribution in [-0.4, -0.2) is 17.5 Å². The number of carbonyl (C=O) groups is 1. The summed E-state index contributed by atoms with van der Waals surface area (Å²) in [5, 5.41) is 10.5. The van der Waals surface area contributed by atoms with Gasteiger partial charge in [-0.25, -0.2) is 0 Å². The van der Waals surface area contributed by atoms with E-state index in [0.717, 1.165) is 16.9 Å². The van der Waals surface area contributed by atoms with Crippen LogP contribution < -0.4 is 4.74 Å². The molecule has 25 heavy (non-hydrogen) atoms. The highest BCUT2D eigenvalue weighted by Crippen LogP contribution is 2.34. The molecule has 0 spiro atoms. The molecule has 126 valence electrons. The predicted octanol–water partition coefficient (Wildman–Crippen LogP) is 4.67. The van der Waals surface area contributed by atoms with Gasteiger partial charge in [-0.15, -0.1) is 0 Å². The average Bonchev–Trinajstić information content (AvgIpc) is 2.68. The number of hydrogen-bond donors (Lipinski definition) is 1. The molecule has 0 radical (unpaired) electrons. The van der Waals surface area contributed by atoms with Crippen molar-refractivity contribution < 1.29 is 14.6 Å². The maximum atomic E-state index is 12.9. The number of Topliss-reactive ketones (excluding diaryl/α,β-unsaturated/α-hetero) is 1. The van der Waals surface area contributed by atoms with Crippen LogP contribution in [0.4, 0.5) is 0 Å². The molecule has 3 heteroatoms. The molecule has 0 fully saturated rings. The van der Waals surface area contributed by atoms with E-state index < -0.39 is 6.10 Å². The predicted molar refractivity (Wildman–Crippen MR) is 98.8 cm³/mol. The minimum Gasteiger partial charge on any atom is -0.493 e. The summed E-state index contributed by atoms with van der Waals surface area (Å²) in [5.41, 5.74) is 2.66. The minimum absolute atomic E-state index is 0.326. The van der Waals surface area contributed by atoms with E-state index in [1.807, 2.05) is 61.5 Å². The zero-order valence-electron chi connectivity index (χ0n) is 14.1. The van der Waals surface area contributed by atoms with Gasteiger partial charge < -0.3 is 9.84 Å². The molecule has 0 saturated heterocycles. The van der Waals surface area contributed by atoms with Crippen molar-refractivity contribution in [3.8, 4) is 16.9 Å². The summed E-state index contributed by atoms with van der Waals surface area (Å²) >= 11 is 0. The van der Waals surface area contributed by atoms with E-state index in [2.05, 4.69) is 0 Å². The molecule has 0 bridgehead atoms. The Kier molecular flexibility index (Phi) is 5.26. The number of ether oxygens (including phenoxy) is 1. The molecule has 3 aromatic carbocycles. The highest BCUT2D eigenvalue weighted by atomic mass is 16.5. The number of hydrogen-bond acceptors (Lipinski definition) is 3. The van der Waals surface area contributed by atoms with Gasteiger partial charge in [-0.1, -0.05) is 72.8 Å². The lowest BCUT2D eigenvalue weighted by molar-refractivity contribution is 0.0748. The van der Waals surface area contributed by atoms with Crippen LogP contribution in [0.5, 0.6) is 5.75 Å². The summed E-state index contributed by atoms with van der Waals surface area (Å²) in [7, 11) is 0. The first kappa shape index (κ1) is 16.9. The summed E-state index contributed by atoms with van der Waals surface area (Å²) in [6.45, 7) is 2.47. The lowest BCUT2D eigenvalue weighted by Crippen LogP contribution is -2.13. The van der Waals surface area contributed by atoms with Crippen molar-refractivity contribution in [2.75, 3.05) is 6.61 Å². The van der Waals surface area contributed by atoms with Crippen LogP contribution in [0.2, 0.25) is 0 Å². The van der Waals surface area contributed by atoms with E-state index in [1.54, 1.807) is 24.3 Å². The summed E-state index contributed by atoms with van der Waals surface area (Å²) in [6.07, 6.45) is -1.19. The van der Waals surface area contributed by atoms with Crippen molar-refractivity contribution in [2.24, 2.45) is 0 Å². The third kappa shape index (κ3) is 3.62. The second-order valence-corrected chi connectivity index (χ2v) is 5.65. The number of carbonyl (C=O) groups excluding carboxylic acids is 1. The topological polar surface area (TPSA) is 46.5 Å². The standard InChI is InChI=1S/C22H20O3/c1-2-25-20-15-9-8-13-18(20)17-12-6-7-14-19(17)22(24)21(23)16-10-4-3-5-11-16/h3-15,21,23H,2H2,1H3. The van der Waals surface area contributed by atoms with Crippen molar-refractivity contribution in [1.29, 1.82) is 0 Å². The van der Waals surface area contributed by atoms with Gasteiger partial charge in [0.2, 0.25) is 0 Å². The number of para-hydroxylation sites is 1. The Bertz CT molecular complexity index is 856. The van der Waals surface area contributed by atoms with E-state index in [-0.39, 0.29) is 5.78 Å². The largest absolute Gasteiger partial charge is 0.493 e. The monoisotopic (exact) mass is 332 g/mol. The first-order valence-electron chi connectivity index (χ1n) is 8.30. The minimum atomic E-state index is -1.19. The Morgan fingerprint density at radius 2 is 1.48 bits per heavy atom. The Labute approximate surface area is 147 Å². The molecule has 0 heterocycles. The molecule has 1 atom stereocenters. The molecular formula is C22H20O3. The van der Waals surface area contributed by atoms with E-state index in [1.165, 1.54) is 0 Å². The van der Waals surface area contributed by atoms with Crippen LogP contribution in [0, 0.1) is 0 Å². The van der Waals surface area contributed by atoms with Crippen molar-refractivity contribution in [3.05, 3.63) is 90.0 Å². The molecule has 0 aromatic heterocycles. The normalized spacial score (nSPS) is 11.8. The first-order valence-corrected chi connectivity index (χ1v) is 8.30. The van der Waals surface area contributed by atoms with E-state index in [9.17, 15) is 9.90 Å². The summed E-state index contributed by atoms with van der Waals surface area (Å²) in [5.74, 6) is 0.396. The van der Waals surface area contributed by atoms with Gasteiger partial charge in [-0.3, -0.25) is 4.79 Å². The van der Waals surface area contributed by atoms with Gasteiger partial charge in [-0.2, -0.15) is 0 Å². The smallest absolute Gasteiger partial charge is 0.196 e. The molecule has 0 aliphatic carbocycles. The molecule has 0 saturated carbocycles. The van der Waals surface area contributed by atoms with Crippen LogP contribution in [0.3, 0.4) is 0 Å².